The number of aromatic nitrogens is 4. The zero-order valence-corrected chi connectivity index (χ0v) is 20.5. The van der Waals surface area contributed by atoms with Crippen LogP contribution in [0, 0.1) is 6.92 Å². The molecule has 36 heavy (non-hydrogen) atoms. The highest BCUT2D eigenvalue weighted by Gasteiger charge is 2.15. The quantitative estimate of drug-likeness (QED) is 0.195. The number of para-hydroxylation sites is 1. The number of hydrogen-bond acceptors (Lipinski definition) is 9. The van der Waals surface area contributed by atoms with Crippen molar-refractivity contribution in [1.29, 1.82) is 0 Å². The van der Waals surface area contributed by atoms with Gasteiger partial charge in [-0.1, -0.05) is 43.4 Å². The van der Waals surface area contributed by atoms with E-state index in [2.05, 4.69) is 38.3 Å². The first-order valence-corrected chi connectivity index (χ1v) is 10.9. The number of carbonyl (C=O) groups is 1. The Morgan fingerprint density at radius 1 is 1.25 bits per heavy atom. The maximum absolute atomic E-state index is 13.6. The SMILES string of the molecule is C=C/C=C(\C(=C)F)N(C)C(CCC)=Nc1ccccc1C=O.Cc1nc(-c2c(N)ncnc2N)no1. The topological polar surface area (TPSA) is 149 Å². The molecular weight excluding hydrogens is 463 g/mol. The number of hydrogen-bond donors (Lipinski definition) is 2. The number of benzene rings is 1. The zero-order chi connectivity index (χ0) is 26.7. The highest BCUT2D eigenvalue weighted by atomic mass is 19.1. The van der Waals surface area contributed by atoms with Gasteiger partial charge in [-0.15, -0.1) is 0 Å². The number of aldehydes is 1. The number of nitrogen functional groups attached to an aromatic ring is 2. The predicted octanol–water partition coefficient (Wildman–Crippen LogP) is 4.81. The molecule has 0 radical (unpaired) electrons. The third kappa shape index (κ3) is 7.16. The molecule has 0 saturated carbocycles. The van der Waals surface area contributed by atoms with E-state index in [4.69, 9.17) is 16.0 Å². The van der Waals surface area contributed by atoms with Gasteiger partial charge in [0.15, 0.2) is 6.29 Å². The van der Waals surface area contributed by atoms with Crippen LogP contribution in [-0.4, -0.2) is 44.2 Å². The van der Waals surface area contributed by atoms with E-state index in [1.54, 1.807) is 43.1 Å². The molecule has 0 aliphatic rings. The van der Waals surface area contributed by atoms with Gasteiger partial charge in [0.05, 0.1) is 11.4 Å². The summed E-state index contributed by atoms with van der Waals surface area (Å²) < 4.78 is 18.4. The van der Waals surface area contributed by atoms with E-state index in [1.165, 1.54) is 12.4 Å². The van der Waals surface area contributed by atoms with Gasteiger partial charge in [-0.05, 0) is 24.6 Å². The minimum atomic E-state index is -0.560. The van der Waals surface area contributed by atoms with Crippen LogP contribution in [0.25, 0.3) is 11.4 Å². The van der Waals surface area contributed by atoms with Gasteiger partial charge in [0.1, 0.15) is 35.2 Å². The Morgan fingerprint density at radius 3 is 2.44 bits per heavy atom. The summed E-state index contributed by atoms with van der Waals surface area (Å²) >= 11 is 0. The maximum Gasteiger partial charge on any atom is 0.223 e. The molecule has 3 rings (SSSR count). The average molecular weight is 493 g/mol. The molecule has 2 aromatic heterocycles. The molecule has 2 heterocycles. The minimum absolute atomic E-state index is 0.235. The number of amidine groups is 1. The second-order valence-electron chi connectivity index (χ2n) is 7.36. The number of allylic oxidation sites excluding steroid dienone is 3. The van der Waals surface area contributed by atoms with Gasteiger partial charge in [-0.25, -0.2) is 19.4 Å². The summed E-state index contributed by atoms with van der Waals surface area (Å²) in [6, 6.07) is 7.04. The van der Waals surface area contributed by atoms with Gasteiger partial charge in [-0.3, -0.25) is 4.79 Å². The van der Waals surface area contributed by atoms with Crippen LogP contribution < -0.4 is 11.5 Å². The second kappa shape index (κ2) is 13.3. The van der Waals surface area contributed by atoms with Crippen molar-refractivity contribution in [1.82, 2.24) is 25.0 Å². The third-order valence-electron chi connectivity index (χ3n) is 4.75. The van der Waals surface area contributed by atoms with E-state index in [9.17, 15) is 9.18 Å². The van der Waals surface area contributed by atoms with Crippen molar-refractivity contribution < 1.29 is 13.7 Å². The van der Waals surface area contributed by atoms with Crippen LogP contribution in [0.2, 0.25) is 0 Å². The molecule has 0 amide bonds. The first kappa shape index (κ1) is 27.6. The molecule has 0 unspecified atom stereocenters. The van der Waals surface area contributed by atoms with Crippen LogP contribution in [0.15, 0.2) is 76.9 Å². The summed E-state index contributed by atoms with van der Waals surface area (Å²) in [7, 11) is 1.72. The van der Waals surface area contributed by atoms with E-state index >= 15 is 0 Å². The molecule has 0 spiro atoms. The van der Waals surface area contributed by atoms with Crippen molar-refractivity contribution in [3.63, 3.8) is 0 Å². The molecule has 10 nitrogen and oxygen atoms in total. The largest absolute Gasteiger partial charge is 0.383 e. The van der Waals surface area contributed by atoms with Crippen molar-refractivity contribution >= 4 is 29.4 Å². The lowest BCUT2D eigenvalue weighted by Gasteiger charge is -2.23. The van der Waals surface area contributed by atoms with Crippen LogP contribution in [-0.2, 0) is 0 Å². The molecule has 0 bridgehead atoms. The number of carbonyl (C=O) groups excluding carboxylic acids is 1. The van der Waals surface area contributed by atoms with Gasteiger partial charge in [-0.2, -0.15) is 4.98 Å². The number of aryl methyl sites for hydroxylation is 1. The number of nitrogens with two attached hydrogens (primary N) is 2. The molecule has 0 aliphatic carbocycles. The van der Waals surface area contributed by atoms with Crippen molar-refractivity contribution in [2.24, 2.45) is 4.99 Å². The zero-order valence-electron chi connectivity index (χ0n) is 20.5. The van der Waals surface area contributed by atoms with E-state index in [-0.39, 0.29) is 11.6 Å². The summed E-state index contributed by atoms with van der Waals surface area (Å²) in [5.41, 5.74) is 13.0. The normalized spacial score (nSPS) is 11.3. The van der Waals surface area contributed by atoms with Crippen LogP contribution in [0.4, 0.5) is 21.7 Å². The fourth-order valence-corrected chi connectivity index (χ4v) is 3.03. The van der Waals surface area contributed by atoms with Crippen LogP contribution in [0.1, 0.15) is 36.0 Å². The van der Waals surface area contributed by atoms with Gasteiger partial charge in [0, 0.05) is 26.0 Å². The summed E-state index contributed by atoms with van der Waals surface area (Å²) in [5, 5.41) is 3.68. The summed E-state index contributed by atoms with van der Waals surface area (Å²) in [5.74, 6) is 1.30. The Kier molecular flexibility index (Phi) is 10.2. The lowest BCUT2D eigenvalue weighted by atomic mass is 10.2. The fourth-order valence-electron chi connectivity index (χ4n) is 3.03. The highest BCUT2D eigenvalue weighted by Crippen LogP contribution is 2.25. The van der Waals surface area contributed by atoms with E-state index in [0.29, 0.717) is 46.5 Å². The smallest absolute Gasteiger partial charge is 0.223 e. The minimum Gasteiger partial charge on any atom is -0.383 e. The Hall–Kier alpha value is -4.67. The first-order chi connectivity index (χ1) is 17.2. The third-order valence-corrected chi connectivity index (χ3v) is 4.75. The van der Waals surface area contributed by atoms with E-state index in [1.807, 2.05) is 13.0 Å². The Bertz CT molecular complexity index is 1260. The molecule has 0 fully saturated rings. The van der Waals surface area contributed by atoms with Crippen LogP contribution in [0.3, 0.4) is 0 Å². The Morgan fingerprint density at radius 2 is 1.92 bits per heavy atom. The summed E-state index contributed by atoms with van der Waals surface area (Å²) in [6.45, 7) is 10.6. The van der Waals surface area contributed by atoms with Gasteiger partial charge in [0.25, 0.3) is 0 Å². The lowest BCUT2D eigenvalue weighted by Crippen LogP contribution is -2.26. The van der Waals surface area contributed by atoms with Gasteiger partial charge in [0.2, 0.25) is 11.7 Å². The molecule has 188 valence electrons. The van der Waals surface area contributed by atoms with E-state index < -0.39 is 5.83 Å². The van der Waals surface area contributed by atoms with Crippen molar-refractivity contribution in [3.8, 4) is 11.4 Å². The number of halogens is 1. The Balaban J connectivity index is 0.000000278. The van der Waals surface area contributed by atoms with E-state index in [0.717, 1.165) is 12.7 Å². The monoisotopic (exact) mass is 492 g/mol. The predicted molar refractivity (Wildman–Crippen MR) is 139 cm³/mol. The maximum atomic E-state index is 13.6. The first-order valence-electron chi connectivity index (χ1n) is 10.9. The molecule has 0 aliphatic heterocycles. The standard InChI is InChI=1S/C18H21FN2O.C7H8N6O/c1-5-9-17(14(3)19)21(4)18(10-6-2)20-16-12-8-7-11-15(16)13-22;1-3-12-7(13-14-3)4-5(8)10-2-11-6(4)9/h5,7-9,11-13H,1,3,6,10H2,2,4H3;2H,1H3,(H4,8,9,10,11)/b17-9+,20-18?;. The molecule has 1 aromatic carbocycles. The highest BCUT2D eigenvalue weighted by molar-refractivity contribution is 5.90. The number of rotatable bonds is 8. The van der Waals surface area contributed by atoms with Crippen LogP contribution >= 0.6 is 0 Å². The molecule has 4 N–H and O–H groups in total. The number of likely N-dealkylation sites (N-methyl/N-ethyl adjacent to an activating group) is 1. The summed E-state index contributed by atoms with van der Waals surface area (Å²) in [6.07, 6.45) is 6.56. The summed E-state index contributed by atoms with van der Waals surface area (Å²) in [4.78, 5) is 28.8. The Labute approximate surface area is 209 Å². The molecule has 0 saturated heterocycles. The number of nitrogens with zero attached hydrogens (tertiary/aromatic N) is 6. The van der Waals surface area contributed by atoms with Crippen molar-refractivity contribution in [2.75, 3.05) is 18.5 Å². The molecule has 3 aromatic rings. The molecule has 11 heteroatoms. The second-order valence-corrected chi connectivity index (χ2v) is 7.36. The fraction of sp³-hybridized carbons (Fsp3) is 0.200. The lowest BCUT2D eigenvalue weighted by molar-refractivity contribution is 0.112. The van der Waals surface area contributed by atoms with Crippen molar-refractivity contribution in [3.05, 3.63) is 78.9 Å². The van der Waals surface area contributed by atoms with Gasteiger partial charge >= 0.3 is 0 Å². The number of anilines is 2. The van der Waals surface area contributed by atoms with Gasteiger partial charge < -0.3 is 20.9 Å². The molecule has 0 atom stereocenters. The number of aliphatic imine (C=N–C) groups is 1. The average Bonchev–Trinajstić information content (AvgIpc) is 3.28. The van der Waals surface area contributed by atoms with Crippen molar-refractivity contribution in [2.45, 2.75) is 26.7 Å². The van der Waals surface area contributed by atoms with Crippen LogP contribution in [0.5, 0.6) is 0 Å². The molecular formula is C25H29FN8O2.